The molecule has 3 rings (SSSR count). The number of methoxy groups -OCH3 is 1. The molecule has 2 aromatic carbocycles. The monoisotopic (exact) mass is 374 g/mol. The van der Waals surface area contributed by atoms with Crippen molar-refractivity contribution in [1.82, 2.24) is 4.98 Å². The van der Waals surface area contributed by atoms with Crippen molar-refractivity contribution in [2.24, 2.45) is 0 Å². The third kappa shape index (κ3) is 3.65. The van der Waals surface area contributed by atoms with E-state index in [1.165, 1.54) is 19.2 Å². The number of ether oxygens (including phenoxy) is 1. The van der Waals surface area contributed by atoms with Gasteiger partial charge in [-0.25, -0.2) is 8.78 Å². The van der Waals surface area contributed by atoms with Crippen LogP contribution in [0.1, 0.15) is 10.4 Å². The predicted molar refractivity (Wildman–Crippen MR) is 95.5 cm³/mol. The first-order valence-corrected chi connectivity index (χ1v) is 7.92. The number of nitrogens with one attached hydrogen (secondary N) is 1. The first kappa shape index (κ1) is 17.8. The van der Waals surface area contributed by atoms with Gasteiger partial charge in [-0.05, 0) is 42.5 Å². The van der Waals surface area contributed by atoms with E-state index in [2.05, 4.69) is 10.3 Å². The van der Waals surface area contributed by atoms with E-state index >= 15 is 0 Å². The second-order valence-corrected chi connectivity index (χ2v) is 5.74. The van der Waals surface area contributed by atoms with Gasteiger partial charge in [-0.1, -0.05) is 11.6 Å². The van der Waals surface area contributed by atoms with Gasteiger partial charge in [0.05, 0.1) is 17.8 Å². The summed E-state index contributed by atoms with van der Waals surface area (Å²) < 4.78 is 31.6. The molecule has 4 nitrogen and oxygen atoms in total. The van der Waals surface area contributed by atoms with Crippen LogP contribution in [0.3, 0.4) is 0 Å². The number of benzene rings is 2. The van der Waals surface area contributed by atoms with Crippen molar-refractivity contribution in [3.05, 3.63) is 76.9 Å². The van der Waals surface area contributed by atoms with Gasteiger partial charge in [0.25, 0.3) is 5.91 Å². The van der Waals surface area contributed by atoms with Gasteiger partial charge in [0, 0.05) is 29.1 Å². The standard InChI is InChI=1S/C19H13ClF2N2O2/c1-26-17-9-11(4-6-13(17)18-14(20)3-2-8-23-18)19(25)24-12-5-7-15(21)16(22)10-12/h2-10H,1H3,(H,24,25). The average molecular weight is 375 g/mol. The summed E-state index contributed by atoms with van der Waals surface area (Å²) in [6, 6.07) is 11.3. The van der Waals surface area contributed by atoms with E-state index in [0.29, 0.717) is 22.0 Å². The van der Waals surface area contributed by atoms with Gasteiger partial charge in [-0.3, -0.25) is 9.78 Å². The van der Waals surface area contributed by atoms with E-state index in [0.717, 1.165) is 12.1 Å². The number of carbonyl (C=O) groups excluding carboxylic acids is 1. The maximum Gasteiger partial charge on any atom is 0.255 e. The summed E-state index contributed by atoms with van der Waals surface area (Å²) in [4.78, 5) is 16.6. The number of pyridine rings is 1. The Balaban J connectivity index is 1.90. The van der Waals surface area contributed by atoms with Crippen LogP contribution in [0.4, 0.5) is 14.5 Å². The molecule has 0 aliphatic heterocycles. The molecule has 3 aromatic rings. The van der Waals surface area contributed by atoms with E-state index in [4.69, 9.17) is 16.3 Å². The van der Waals surface area contributed by atoms with Crippen molar-refractivity contribution in [3.8, 4) is 17.0 Å². The van der Waals surface area contributed by atoms with Crippen LogP contribution in [0.5, 0.6) is 5.75 Å². The zero-order valence-corrected chi connectivity index (χ0v) is 14.3. The molecule has 0 saturated carbocycles. The Labute approximate surface area is 153 Å². The van der Waals surface area contributed by atoms with Gasteiger partial charge >= 0.3 is 0 Å². The molecule has 0 fully saturated rings. The number of anilines is 1. The van der Waals surface area contributed by atoms with Crippen LogP contribution in [-0.2, 0) is 0 Å². The quantitative estimate of drug-likeness (QED) is 0.703. The van der Waals surface area contributed by atoms with Crippen LogP contribution in [-0.4, -0.2) is 18.0 Å². The lowest BCUT2D eigenvalue weighted by Gasteiger charge is -2.12. The number of nitrogens with zero attached hydrogens (tertiary/aromatic N) is 1. The highest BCUT2D eigenvalue weighted by atomic mass is 35.5. The van der Waals surface area contributed by atoms with E-state index in [1.54, 1.807) is 30.5 Å². The molecule has 0 aliphatic rings. The molecule has 0 bridgehead atoms. The third-order valence-electron chi connectivity index (χ3n) is 3.65. The molecule has 1 N–H and O–H groups in total. The van der Waals surface area contributed by atoms with Crippen LogP contribution < -0.4 is 10.1 Å². The summed E-state index contributed by atoms with van der Waals surface area (Å²) in [6.45, 7) is 0. The van der Waals surface area contributed by atoms with Crippen molar-refractivity contribution >= 4 is 23.2 Å². The molecule has 1 aromatic heterocycles. The second kappa shape index (κ2) is 7.49. The smallest absolute Gasteiger partial charge is 0.255 e. The minimum absolute atomic E-state index is 0.143. The molecule has 0 unspecified atom stereocenters. The van der Waals surface area contributed by atoms with Crippen molar-refractivity contribution in [2.75, 3.05) is 12.4 Å². The highest BCUT2D eigenvalue weighted by molar-refractivity contribution is 6.33. The number of rotatable bonds is 4. The Kier molecular flexibility index (Phi) is 5.14. The number of hydrogen-bond acceptors (Lipinski definition) is 3. The summed E-state index contributed by atoms with van der Waals surface area (Å²) in [6.07, 6.45) is 1.60. The molecular weight excluding hydrogens is 362 g/mol. The fraction of sp³-hybridized carbons (Fsp3) is 0.0526. The first-order chi connectivity index (χ1) is 12.5. The van der Waals surface area contributed by atoms with Crippen molar-refractivity contribution < 1.29 is 18.3 Å². The van der Waals surface area contributed by atoms with Gasteiger partial charge in [0.2, 0.25) is 0 Å². The Morgan fingerprint density at radius 3 is 2.62 bits per heavy atom. The molecule has 26 heavy (non-hydrogen) atoms. The number of amides is 1. The molecule has 7 heteroatoms. The Hall–Kier alpha value is -2.99. The Bertz CT molecular complexity index is 980. The highest BCUT2D eigenvalue weighted by Gasteiger charge is 2.15. The molecule has 0 radical (unpaired) electrons. The average Bonchev–Trinajstić information content (AvgIpc) is 2.64. The largest absolute Gasteiger partial charge is 0.496 e. The van der Waals surface area contributed by atoms with Gasteiger partial charge < -0.3 is 10.1 Å². The number of halogens is 3. The normalized spacial score (nSPS) is 10.5. The minimum atomic E-state index is -1.04. The van der Waals surface area contributed by atoms with Gasteiger partial charge in [-0.2, -0.15) is 0 Å². The zero-order valence-electron chi connectivity index (χ0n) is 13.6. The molecular formula is C19H13ClF2N2O2. The topological polar surface area (TPSA) is 51.2 Å². The van der Waals surface area contributed by atoms with Crippen LogP contribution >= 0.6 is 11.6 Å². The minimum Gasteiger partial charge on any atom is -0.496 e. The van der Waals surface area contributed by atoms with E-state index < -0.39 is 17.5 Å². The van der Waals surface area contributed by atoms with Gasteiger partial charge in [0.1, 0.15) is 5.75 Å². The SMILES string of the molecule is COc1cc(C(=O)Nc2ccc(F)c(F)c2)ccc1-c1ncccc1Cl. The third-order valence-corrected chi connectivity index (χ3v) is 3.96. The fourth-order valence-electron chi connectivity index (χ4n) is 2.39. The molecule has 132 valence electrons. The number of hydrogen-bond donors (Lipinski definition) is 1. The number of aromatic nitrogens is 1. The fourth-order valence-corrected chi connectivity index (χ4v) is 2.61. The second-order valence-electron chi connectivity index (χ2n) is 5.33. The summed E-state index contributed by atoms with van der Waals surface area (Å²) in [5.74, 6) is -2.11. The van der Waals surface area contributed by atoms with Gasteiger partial charge in [-0.15, -0.1) is 0 Å². The van der Waals surface area contributed by atoms with E-state index in [1.807, 2.05) is 0 Å². The van der Waals surface area contributed by atoms with Crippen LogP contribution in [0.15, 0.2) is 54.7 Å². The summed E-state index contributed by atoms with van der Waals surface area (Å²) in [7, 11) is 1.46. The summed E-state index contributed by atoms with van der Waals surface area (Å²) >= 11 is 6.16. The summed E-state index contributed by atoms with van der Waals surface area (Å²) in [5, 5.41) is 2.95. The summed E-state index contributed by atoms with van der Waals surface area (Å²) in [5.41, 5.74) is 1.58. The Morgan fingerprint density at radius 2 is 1.92 bits per heavy atom. The molecule has 0 atom stereocenters. The van der Waals surface area contributed by atoms with Crippen molar-refractivity contribution in [3.63, 3.8) is 0 Å². The molecule has 1 amide bonds. The van der Waals surface area contributed by atoms with Crippen LogP contribution in [0.2, 0.25) is 5.02 Å². The molecule has 0 aliphatic carbocycles. The lowest BCUT2D eigenvalue weighted by Crippen LogP contribution is -2.12. The van der Waals surface area contributed by atoms with Crippen molar-refractivity contribution in [1.29, 1.82) is 0 Å². The molecule has 1 heterocycles. The lowest BCUT2D eigenvalue weighted by atomic mass is 10.1. The molecule has 0 spiro atoms. The maximum absolute atomic E-state index is 13.3. The van der Waals surface area contributed by atoms with Crippen LogP contribution in [0.25, 0.3) is 11.3 Å². The number of carbonyl (C=O) groups is 1. The highest BCUT2D eigenvalue weighted by Crippen LogP contribution is 2.33. The van der Waals surface area contributed by atoms with Crippen LogP contribution in [0, 0.1) is 11.6 Å². The maximum atomic E-state index is 13.3. The van der Waals surface area contributed by atoms with Crippen molar-refractivity contribution in [2.45, 2.75) is 0 Å². The zero-order chi connectivity index (χ0) is 18.7. The predicted octanol–water partition coefficient (Wildman–Crippen LogP) is 4.94. The Morgan fingerprint density at radius 1 is 1.12 bits per heavy atom. The first-order valence-electron chi connectivity index (χ1n) is 7.55. The van der Waals surface area contributed by atoms with Gasteiger partial charge in [0.15, 0.2) is 11.6 Å². The van der Waals surface area contributed by atoms with E-state index in [-0.39, 0.29) is 11.3 Å². The van der Waals surface area contributed by atoms with E-state index in [9.17, 15) is 13.6 Å². The lowest BCUT2D eigenvalue weighted by molar-refractivity contribution is 0.102. The molecule has 0 saturated heterocycles.